The van der Waals surface area contributed by atoms with Crippen LogP contribution >= 0.6 is 0 Å². The van der Waals surface area contributed by atoms with E-state index in [-0.39, 0.29) is 30.7 Å². The van der Waals surface area contributed by atoms with Gasteiger partial charge in [0.05, 0.1) is 5.92 Å². The van der Waals surface area contributed by atoms with Crippen LogP contribution in [-0.2, 0) is 9.59 Å². The van der Waals surface area contributed by atoms with Crippen molar-refractivity contribution in [3.8, 4) is 11.5 Å². The largest absolute Gasteiger partial charge is 0.486 e. The predicted molar refractivity (Wildman–Crippen MR) is 120 cm³/mol. The maximum absolute atomic E-state index is 12.9. The highest BCUT2D eigenvalue weighted by molar-refractivity contribution is 6.04. The van der Waals surface area contributed by atoms with Crippen LogP contribution in [0.4, 0.5) is 11.4 Å². The highest BCUT2D eigenvalue weighted by Gasteiger charge is 2.35. The second-order valence-electron chi connectivity index (χ2n) is 7.78. The molecule has 2 aromatic carbocycles. The molecule has 2 heterocycles. The van der Waals surface area contributed by atoms with E-state index >= 15 is 0 Å². The van der Waals surface area contributed by atoms with Crippen LogP contribution in [-0.4, -0.2) is 55.5 Å². The molecule has 0 saturated carbocycles. The maximum Gasteiger partial charge on any atom is 0.253 e. The van der Waals surface area contributed by atoms with E-state index in [4.69, 9.17) is 9.47 Å². The molecule has 2 aromatic rings. The molecule has 8 heteroatoms. The van der Waals surface area contributed by atoms with Crippen LogP contribution in [0.5, 0.6) is 11.5 Å². The summed E-state index contributed by atoms with van der Waals surface area (Å²) in [7, 11) is 0. The van der Waals surface area contributed by atoms with E-state index in [2.05, 4.69) is 5.32 Å². The molecule has 32 heavy (non-hydrogen) atoms. The van der Waals surface area contributed by atoms with Gasteiger partial charge in [-0.15, -0.1) is 0 Å². The van der Waals surface area contributed by atoms with Crippen LogP contribution in [0.25, 0.3) is 0 Å². The quantitative estimate of drug-likeness (QED) is 0.751. The van der Waals surface area contributed by atoms with E-state index in [1.165, 1.54) is 0 Å². The van der Waals surface area contributed by atoms with E-state index in [9.17, 15) is 14.4 Å². The summed E-state index contributed by atoms with van der Waals surface area (Å²) in [5.74, 6) is 0.326. The Morgan fingerprint density at radius 1 is 1.06 bits per heavy atom. The van der Waals surface area contributed by atoms with Crippen molar-refractivity contribution >= 4 is 29.1 Å². The topological polar surface area (TPSA) is 88.2 Å². The molecule has 1 unspecified atom stereocenters. The van der Waals surface area contributed by atoms with Gasteiger partial charge in [0.15, 0.2) is 11.5 Å². The lowest BCUT2D eigenvalue weighted by molar-refractivity contribution is -0.122. The molecule has 1 N–H and O–H groups in total. The first-order valence-corrected chi connectivity index (χ1v) is 10.9. The lowest BCUT2D eigenvalue weighted by Crippen LogP contribution is -2.30. The third kappa shape index (κ3) is 4.39. The first kappa shape index (κ1) is 21.7. The van der Waals surface area contributed by atoms with Gasteiger partial charge in [-0.2, -0.15) is 0 Å². The molecular formula is C24H27N3O5. The molecule has 168 valence electrons. The fourth-order valence-corrected chi connectivity index (χ4v) is 4.00. The zero-order valence-corrected chi connectivity index (χ0v) is 18.3. The van der Waals surface area contributed by atoms with Crippen molar-refractivity contribution < 1.29 is 23.9 Å². The second-order valence-corrected chi connectivity index (χ2v) is 7.78. The van der Waals surface area contributed by atoms with Crippen LogP contribution in [0, 0.1) is 5.92 Å². The van der Waals surface area contributed by atoms with Gasteiger partial charge in [-0.05, 0) is 44.2 Å². The molecule has 0 radical (unpaired) electrons. The zero-order valence-electron chi connectivity index (χ0n) is 18.3. The summed E-state index contributed by atoms with van der Waals surface area (Å²) in [6.45, 7) is 6.33. The van der Waals surface area contributed by atoms with Gasteiger partial charge in [0.25, 0.3) is 5.91 Å². The van der Waals surface area contributed by atoms with E-state index in [0.29, 0.717) is 54.7 Å². The van der Waals surface area contributed by atoms with Gasteiger partial charge in [0.2, 0.25) is 11.8 Å². The number of nitrogens with one attached hydrogen (secondary N) is 1. The molecule has 1 saturated heterocycles. The van der Waals surface area contributed by atoms with Crippen molar-refractivity contribution in [2.24, 2.45) is 5.92 Å². The summed E-state index contributed by atoms with van der Waals surface area (Å²) in [6, 6.07) is 12.2. The Morgan fingerprint density at radius 2 is 1.81 bits per heavy atom. The molecule has 2 aliphatic rings. The fraction of sp³-hybridized carbons (Fsp3) is 0.375. The summed E-state index contributed by atoms with van der Waals surface area (Å²) in [5, 5.41) is 2.86. The molecule has 2 aliphatic heterocycles. The number of fused-ring (bicyclic) bond motifs is 1. The number of hydrogen-bond donors (Lipinski definition) is 1. The van der Waals surface area contributed by atoms with E-state index in [0.717, 1.165) is 0 Å². The minimum Gasteiger partial charge on any atom is -0.486 e. The normalized spacial score (nSPS) is 17.2. The summed E-state index contributed by atoms with van der Waals surface area (Å²) < 4.78 is 11.1. The minimum absolute atomic E-state index is 0.0769. The molecule has 4 rings (SSSR count). The van der Waals surface area contributed by atoms with Gasteiger partial charge in [-0.25, -0.2) is 0 Å². The smallest absolute Gasteiger partial charge is 0.253 e. The van der Waals surface area contributed by atoms with E-state index < -0.39 is 5.92 Å². The van der Waals surface area contributed by atoms with E-state index in [1.54, 1.807) is 52.3 Å². The number of carbonyl (C=O) groups is 3. The highest BCUT2D eigenvalue weighted by atomic mass is 16.6. The Hall–Kier alpha value is -3.55. The highest BCUT2D eigenvalue weighted by Crippen LogP contribution is 2.36. The van der Waals surface area contributed by atoms with Crippen LogP contribution < -0.4 is 19.7 Å². The van der Waals surface area contributed by atoms with Gasteiger partial charge in [-0.3, -0.25) is 14.4 Å². The Morgan fingerprint density at radius 3 is 2.56 bits per heavy atom. The van der Waals surface area contributed by atoms with Crippen LogP contribution in [0.15, 0.2) is 42.5 Å². The minimum atomic E-state index is -0.488. The van der Waals surface area contributed by atoms with Gasteiger partial charge in [0, 0.05) is 49.1 Å². The van der Waals surface area contributed by atoms with Crippen LogP contribution in [0.1, 0.15) is 30.6 Å². The van der Waals surface area contributed by atoms with Crippen molar-refractivity contribution in [1.82, 2.24) is 4.90 Å². The third-order valence-corrected chi connectivity index (χ3v) is 5.76. The first-order chi connectivity index (χ1) is 15.5. The lowest BCUT2D eigenvalue weighted by Gasteiger charge is -2.22. The maximum atomic E-state index is 12.9. The van der Waals surface area contributed by atoms with E-state index in [1.807, 2.05) is 13.8 Å². The summed E-state index contributed by atoms with van der Waals surface area (Å²) >= 11 is 0. The molecule has 1 fully saturated rings. The molecule has 0 aromatic heterocycles. The Labute approximate surface area is 187 Å². The fourth-order valence-electron chi connectivity index (χ4n) is 4.00. The van der Waals surface area contributed by atoms with Crippen molar-refractivity contribution in [2.45, 2.75) is 20.3 Å². The molecule has 3 amide bonds. The predicted octanol–water partition coefficient (Wildman–Crippen LogP) is 2.93. The first-order valence-electron chi connectivity index (χ1n) is 10.9. The van der Waals surface area contributed by atoms with Gasteiger partial charge in [0.1, 0.15) is 13.2 Å². The average Bonchev–Trinajstić information content (AvgIpc) is 3.21. The number of carbonyl (C=O) groups excluding carboxylic acids is 3. The van der Waals surface area contributed by atoms with Gasteiger partial charge >= 0.3 is 0 Å². The number of ether oxygens (including phenoxy) is 2. The Balaban J connectivity index is 1.43. The van der Waals surface area contributed by atoms with Crippen molar-refractivity contribution in [1.29, 1.82) is 0 Å². The number of hydrogen-bond acceptors (Lipinski definition) is 5. The molecule has 1 atom stereocenters. The number of anilines is 2. The van der Waals surface area contributed by atoms with Crippen molar-refractivity contribution in [2.75, 3.05) is 43.1 Å². The number of benzene rings is 2. The monoisotopic (exact) mass is 437 g/mol. The Kier molecular flexibility index (Phi) is 6.30. The summed E-state index contributed by atoms with van der Waals surface area (Å²) in [4.78, 5) is 41.4. The lowest BCUT2D eigenvalue weighted by atomic mass is 10.1. The molecule has 0 bridgehead atoms. The SMILES string of the molecule is CCN(CC)C(=O)c1cccc(NC(=O)C2CC(=O)N(c3ccc4c(c3)OCCO4)C2)c1. The number of nitrogens with zero attached hydrogens (tertiary/aromatic N) is 2. The second kappa shape index (κ2) is 9.30. The third-order valence-electron chi connectivity index (χ3n) is 5.76. The average molecular weight is 437 g/mol. The molecule has 0 spiro atoms. The zero-order chi connectivity index (χ0) is 22.7. The molecular weight excluding hydrogens is 410 g/mol. The number of rotatable bonds is 6. The Bertz CT molecular complexity index is 1030. The standard InChI is InChI=1S/C24H27N3O5/c1-3-26(4-2)24(30)16-6-5-7-18(12-16)25-23(29)17-13-22(28)27(15-17)19-8-9-20-21(14-19)32-11-10-31-20/h5-9,12,14,17H,3-4,10-11,13,15H2,1-2H3,(H,25,29). The van der Waals surface area contributed by atoms with Crippen LogP contribution in [0.3, 0.4) is 0 Å². The van der Waals surface area contributed by atoms with Gasteiger partial charge < -0.3 is 24.6 Å². The molecule has 0 aliphatic carbocycles. The number of amides is 3. The summed E-state index contributed by atoms with van der Waals surface area (Å²) in [5.41, 5.74) is 1.74. The summed E-state index contributed by atoms with van der Waals surface area (Å²) in [6.07, 6.45) is 0.123. The molecule has 8 nitrogen and oxygen atoms in total. The van der Waals surface area contributed by atoms with Crippen LogP contribution in [0.2, 0.25) is 0 Å². The van der Waals surface area contributed by atoms with Crippen molar-refractivity contribution in [3.05, 3.63) is 48.0 Å². The van der Waals surface area contributed by atoms with Crippen molar-refractivity contribution in [3.63, 3.8) is 0 Å². The van der Waals surface area contributed by atoms with Gasteiger partial charge in [-0.1, -0.05) is 6.07 Å².